The van der Waals surface area contributed by atoms with Crippen molar-refractivity contribution in [2.24, 2.45) is 0 Å². The minimum atomic E-state index is -0.311. The molecule has 0 N–H and O–H groups in total. The van der Waals surface area contributed by atoms with Crippen LogP contribution in [0.5, 0.6) is 0 Å². The van der Waals surface area contributed by atoms with Crippen LogP contribution >= 0.6 is 22.7 Å². The largest absolute Gasteiger partial charge is 0.468 e. The molecule has 0 aliphatic carbocycles. The SMILES string of the molecule is CC.CC.COC(=O)C(c1ccccc1)N1CCc2sccc2C1.COC(=O)C(c1ccccc1)N1CCc2sccc2C1. The molecule has 0 amide bonds. The fourth-order valence-corrected chi connectivity index (χ4v) is 7.25. The summed E-state index contributed by atoms with van der Waals surface area (Å²) in [7, 11) is 2.91. The monoisotopic (exact) mass is 634 g/mol. The summed E-state index contributed by atoms with van der Waals surface area (Å²) in [6, 6.07) is 23.4. The van der Waals surface area contributed by atoms with Crippen molar-refractivity contribution in [3.63, 3.8) is 0 Å². The number of hydrogen-bond acceptors (Lipinski definition) is 8. The zero-order chi connectivity index (χ0) is 31.9. The lowest BCUT2D eigenvalue weighted by Crippen LogP contribution is -2.38. The summed E-state index contributed by atoms with van der Waals surface area (Å²) in [6.07, 6.45) is 2.01. The molecule has 4 heterocycles. The topological polar surface area (TPSA) is 59.1 Å². The summed E-state index contributed by atoms with van der Waals surface area (Å²) >= 11 is 3.61. The van der Waals surface area contributed by atoms with Gasteiger partial charge in [-0.15, -0.1) is 22.7 Å². The molecule has 236 valence electrons. The molecule has 2 aliphatic heterocycles. The minimum absolute atomic E-state index is 0.185. The van der Waals surface area contributed by atoms with Crippen molar-refractivity contribution in [2.75, 3.05) is 27.3 Å². The van der Waals surface area contributed by atoms with E-state index in [-0.39, 0.29) is 24.0 Å². The Morgan fingerprint density at radius 2 is 0.977 bits per heavy atom. The van der Waals surface area contributed by atoms with E-state index in [1.54, 1.807) is 22.7 Å². The van der Waals surface area contributed by atoms with Crippen LogP contribution in [0.15, 0.2) is 83.6 Å². The van der Waals surface area contributed by atoms with Crippen molar-refractivity contribution in [3.05, 3.63) is 116 Å². The van der Waals surface area contributed by atoms with Gasteiger partial charge in [0, 0.05) is 35.9 Å². The molecule has 0 saturated heterocycles. The number of ether oxygens (including phenoxy) is 2. The number of nitrogens with zero attached hydrogens (tertiary/aromatic N) is 2. The van der Waals surface area contributed by atoms with Crippen LogP contribution in [0.3, 0.4) is 0 Å². The number of rotatable bonds is 6. The van der Waals surface area contributed by atoms with Gasteiger partial charge in [0.15, 0.2) is 0 Å². The van der Waals surface area contributed by atoms with Gasteiger partial charge in [0.1, 0.15) is 12.1 Å². The smallest absolute Gasteiger partial charge is 0.327 e. The Kier molecular flexibility index (Phi) is 14.8. The summed E-state index contributed by atoms with van der Waals surface area (Å²) in [6.45, 7) is 11.4. The Bertz CT molecular complexity index is 1300. The maximum atomic E-state index is 12.2. The zero-order valence-corrected chi connectivity index (χ0v) is 28.5. The summed E-state index contributed by atoms with van der Waals surface area (Å²) in [5, 5.41) is 4.26. The summed E-state index contributed by atoms with van der Waals surface area (Å²) in [4.78, 5) is 31.7. The Hall–Kier alpha value is -3.30. The summed E-state index contributed by atoms with van der Waals surface area (Å²) in [5.74, 6) is -0.371. The first kappa shape index (κ1) is 35.2. The number of benzene rings is 2. The first-order valence-corrected chi connectivity index (χ1v) is 17.2. The van der Waals surface area contributed by atoms with Crippen LogP contribution in [-0.4, -0.2) is 49.0 Å². The minimum Gasteiger partial charge on any atom is -0.468 e. The van der Waals surface area contributed by atoms with Gasteiger partial charge in [-0.2, -0.15) is 0 Å². The molecule has 0 fully saturated rings. The third-order valence-corrected chi connectivity index (χ3v) is 9.53. The van der Waals surface area contributed by atoms with Crippen molar-refractivity contribution in [1.82, 2.24) is 9.80 Å². The Morgan fingerprint density at radius 1 is 0.614 bits per heavy atom. The standard InChI is InChI=1S/2C16H17NO2S.2C2H6/c2*1-19-16(18)15(12-5-3-2-4-6-12)17-9-7-14-13(11-17)8-10-20-14;2*1-2/h2*2-6,8,10,15H,7,9,11H2,1H3;2*1-2H3. The molecule has 44 heavy (non-hydrogen) atoms. The Labute approximate surface area is 271 Å². The van der Waals surface area contributed by atoms with E-state index in [0.717, 1.165) is 50.1 Å². The van der Waals surface area contributed by atoms with Gasteiger partial charge in [0.25, 0.3) is 0 Å². The number of thiophene rings is 2. The van der Waals surface area contributed by atoms with Gasteiger partial charge in [-0.25, -0.2) is 9.59 Å². The van der Waals surface area contributed by atoms with Gasteiger partial charge in [-0.1, -0.05) is 88.4 Å². The zero-order valence-electron chi connectivity index (χ0n) is 26.8. The van der Waals surface area contributed by atoms with E-state index >= 15 is 0 Å². The number of carbonyl (C=O) groups excluding carboxylic acids is 2. The molecule has 0 bridgehead atoms. The second kappa shape index (κ2) is 18.5. The lowest BCUT2D eigenvalue weighted by atomic mass is 10.0. The maximum absolute atomic E-state index is 12.2. The average Bonchev–Trinajstić information content (AvgIpc) is 3.77. The predicted molar refractivity (Wildman–Crippen MR) is 182 cm³/mol. The molecule has 6 rings (SSSR count). The lowest BCUT2D eigenvalue weighted by Gasteiger charge is -2.33. The Morgan fingerprint density at radius 3 is 1.32 bits per heavy atom. The number of esters is 2. The van der Waals surface area contributed by atoms with Crippen LogP contribution in [0.25, 0.3) is 0 Å². The van der Waals surface area contributed by atoms with E-state index in [0.29, 0.717) is 0 Å². The molecule has 2 aromatic carbocycles. The molecular formula is C36H46N2O4S2. The highest BCUT2D eigenvalue weighted by Gasteiger charge is 2.32. The van der Waals surface area contributed by atoms with Crippen LogP contribution in [0, 0.1) is 0 Å². The quantitative estimate of drug-likeness (QED) is 0.200. The highest BCUT2D eigenvalue weighted by Crippen LogP contribution is 2.32. The highest BCUT2D eigenvalue weighted by atomic mass is 32.1. The molecule has 2 aromatic heterocycles. The fourth-order valence-electron chi connectivity index (χ4n) is 5.47. The van der Waals surface area contributed by atoms with Crippen LogP contribution < -0.4 is 0 Å². The number of methoxy groups -OCH3 is 2. The molecular weight excluding hydrogens is 589 g/mol. The molecule has 0 radical (unpaired) electrons. The Balaban J connectivity index is 0.000000216. The second-order valence-corrected chi connectivity index (χ2v) is 11.9. The number of carbonyl (C=O) groups is 2. The van der Waals surface area contributed by atoms with E-state index in [9.17, 15) is 9.59 Å². The predicted octanol–water partition coefficient (Wildman–Crippen LogP) is 8.09. The van der Waals surface area contributed by atoms with Gasteiger partial charge in [-0.3, -0.25) is 9.80 Å². The van der Waals surface area contributed by atoms with Crippen LogP contribution in [-0.2, 0) is 45.0 Å². The summed E-state index contributed by atoms with van der Waals surface area (Å²) < 4.78 is 10.0. The van der Waals surface area contributed by atoms with Crippen molar-refractivity contribution in [1.29, 1.82) is 0 Å². The summed E-state index contributed by atoms with van der Waals surface area (Å²) in [5.41, 5.74) is 4.67. The van der Waals surface area contributed by atoms with Crippen molar-refractivity contribution >= 4 is 34.6 Å². The number of fused-ring (bicyclic) bond motifs is 2. The van der Waals surface area contributed by atoms with Gasteiger partial charge in [0.2, 0.25) is 0 Å². The van der Waals surface area contributed by atoms with Crippen LogP contribution in [0.1, 0.15) is 71.8 Å². The van der Waals surface area contributed by atoms with E-state index < -0.39 is 0 Å². The van der Waals surface area contributed by atoms with E-state index in [4.69, 9.17) is 9.47 Å². The van der Waals surface area contributed by atoms with Crippen LogP contribution in [0.2, 0.25) is 0 Å². The average molecular weight is 635 g/mol. The first-order valence-electron chi connectivity index (χ1n) is 15.4. The van der Waals surface area contributed by atoms with E-state index in [2.05, 4.69) is 32.7 Å². The molecule has 4 aromatic rings. The number of hydrogen-bond donors (Lipinski definition) is 0. The van der Waals surface area contributed by atoms with Crippen molar-refractivity contribution in [2.45, 2.75) is 65.7 Å². The van der Waals surface area contributed by atoms with Gasteiger partial charge < -0.3 is 9.47 Å². The van der Waals surface area contributed by atoms with Crippen LogP contribution in [0.4, 0.5) is 0 Å². The third kappa shape index (κ3) is 8.88. The maximum Gasteiger partial charge on any atom is 0.327 e. The molecule has 6 nitrogen and oxygen atoms in total. The molecule has 2 unspecified atom stereocenters. The fraction of sp³-hybridized carbons (Fsp3) is 0.389. The lowest BCUT2D eigenvalue weighted by molar-refractivity contribution is -0.148. The van der Waals surface area contributed by atoms with Crippen molar-refractivity contribution in [3.8, 4) is 0 Å². The molecule has 2 aliphatic rings. The first-order chi connectivity index (χ1) is 21.6. The highest BCUT2D eigenvalue weighted by molar-refractivity contribution is 7.10. The molecule has 8 heteroatoms. The van der Waals surface area contributed by atoms with Gasteiger partial charge in [-0.05, 0) is 58.0 Å². The normalized spacial score (nSPS) is 15.2. The van der Waals surface area contributed by atoms with Gasteiger partial charge in [0.05, 0.1) is 14.2 Å². The van der Waals surface area contributed by atoms with Gasteiger partial charge >= 0.3 is 11.9 Å². The van der Waals surface area contributed by atoms with E-state index in [1.807, 2.05) is 88.4 Å². The molecule has 0 saturated carbocycles. The molecule has 2 atom stereocenters. The van der Waals surface area contributed by atoms with E-state index in [1.165, 1.54) is 35.1 Å². The molecule has 0 spiro atoms. The second-order valence-electron chi connectivity index (χ2n) is 9.85. The third-order valence-electron chi connectivity index (χ3n) is 7.48. The van der Waals surface area contributed by atoms with Crippen molar-refractivity contribution < 1.29 is 19.1 Å².